The second kappa shape index (κ2) is 8.14. The van der Waals surface area contributed by atoms with E-state index in [4.69, 9.17) is 4.42 Å². The van der Waals surface area contributed by atoms with Gasteiger partial charge in [0, 0.05) is 23.5 Å². The summed E-state index contributed by atoms with van der Waals surface area (Å²) in [4.78, 5) is 29.2. The largest absolute Gasteiger partial charge is 0.467 e. The molecule has 3 N–H and O–H groups in total. The van der Waals surface area contributed by atoms with Crippen molar-refractivity contribution in [3.8, 4) is 0 Å². The normalized spacial score (nSPS) is 12.0. The maximum absolute atomic E-state index is 12.8. The number of amides is 2. The number of para-hydroxylation sites is 1. The van der Waals surface area contributed by atoms with Gasteiger partial charge in [-0.15, -0.1) is 11.3 Å². The number of benzene rings is 1. The molecule has 28 heavy (non-hydrogen) atoms. The molecule has 0 radical (unpaired) electrons. The Morgan fingerprint density at radius 3 is 2.79 bits per heavy atom. The molecule has 1 atom stereocenters. The van der Waals surface area contributed by atoms with Crippen molar-refractivity contribution < 1.29 is 14.0 Å². The van der Waals surface area contributed by atoms with Crippen LogP contribution >= 0.6 is 11.3 Å². The molecular weight excluding hydrogens is 374 g/mol. The van der Waals surface area contributed by atoms with Crippen molar-refractivity contribution in [2.24, 2.45) is 0 Å². The molecule has 3 aromatic heterocycles. The molecule has 7 heteroatoms. The van der Waals surface area contributed by atoms with Crippen LogP contribution in [-0.2, 0) is 17.8 Å². The summed E-state index contributed by atoms with van der Waals surface area (Å²) in [7, 11) is 0. The van der Waals surface area contributed by atoms with Crippen molar-refractivity contribution >= 4 is 34.1 Å². The van der Waals surface area contributed by atoms with E-state index in [2.05, 4.69) is 15.6 Å². The van der Waals surface area contributed by atoms with Crippen LogP contribution in [0.3, 0.4) is 0 Å². The SMILES string of the molecule is O=C(NC(Cc1c[nH]c2ccccc12)C(=O)NCc1ccco1)c1cccs1. The molecule has 0 aliphatic heterocycles. The number of rotatable bonds is 7. The molecule has 0 bridgehead atoms. The van der Waals surface area contributed by atoms with Gasteiger partial charge in [0.15, 0.2) is 0 Å². The van der Waals surface area contributed by atoms with E-state index in [0.717, 1.165) is 16.5 Å². The number of aromatic amines is 1. The summed E-state index contributed by atoms with van der Waals surface area (Å²) < 4.78 is 5.26. The van der Waals surface area contributed by atoms with Crippen LogP contribution in [0.25, 0.3) is 10.9 Å². The van der Waals surface area contributed by atoms with Gasteiger partial charge in [0.05, 0.1) is 17.7 Å². The van der Waals surface area contributed by atoms with Gasteiger partial charge in [-0.25, -0.2) is 0 Å². The lowest BCUT2D eigenvalue weighted by molar-refractivity contribution is -0.123. The van der Waals surface area contributed by atoms with E-state index in [1.807, 2.05) is 41.9 Å². The van der Waals surface area contributed by atoms with Gasteiger partial charge in [0.25, 0.3) is 5.91 Å². The Bertz CT molecular complexity index is 1070. The van der Waals surface area contributed by atoms with Gasteiger partial charge in [0.1, 0.15) is 11.8 Å². The molecule has 3 heterocycles. The molecule has 1 aromatic carbocycles. The maximum atomic E-state index is 12.8. The quantitative estimate of drug-likeness (QED) is 0.449. The predicted octanol–water partition coefficient (Wildman–Crippen LogP) is 3.48. The van der Waals surface area contributed by atoms with Crippen LogP contribution in [0, 0.1) is 0 Å². The molecule has 0 fully saturated rings. The fourth-order valence-electron chi connectivity index (χ4n) is 3.08. The highest BCUT2D eigenvalue weighted by molar-refractivity contribution is 7.12. The number of carbonyl (C=O) groups excluding carboxylic acids is 2. The van der Waals surface area contributed by atoms with E-state index in [1.165, 1.54) is 11.3 Å². The second-order valence-electron chi connectivity index (χ2n) is 6.36. The first-order valence-electron chi connectivity index (χ1n) is 8.90. The summed E-state index contributed by atoms with van der Waals surface area (Å²) in [6, 6.07) is 14.3. The van der Waals surface area contributed by atoms with Crippen LogP contribution in [0.4, 0.5) is 0 Å². The first-order valence-corrected chi connectivity index (χ1v) is 9.78. The number of furan rings is 1. The average Bonchev–Trinajstić information content (AvgIpc) is 3.47. The third-order valence-electron chi connectivity index (χ3n) is 4.48. The molecule has 0 aliphatic carbocycles. The monoisotopic (exact) mass is 393 g/mol. The van der Waals surface area contributed by atoms with Crippen molar-refractivity contribution in [3.05, 3.63) is 82.6 Å². The lowest BCUT2D eigenvalue weighted by Crippen LogP contribution is -2.47. The molecule has 4 aromatic rings. The van der Waals surface area contributed by atoms with E-state index >= 15 is 0 Å². The zero-order chi connectivity index (χ0) is 19.3. The Morgan fingerprint density at radius 1 is 1.11 bits per heavy atom. The van der Waals surface area contributed by atoms with Gasteiger partial charge in [-0.05, 0) is 35.2 Å². The van der Waals surface area contributed by atoms with Gasteiger partial charge >= 0.3 is 0 Å². The van der Waals surface area contributed by atoms with Gasteiger partial charge < -0.3 is 20.0 Å². The highest BCUT2D eigenvalue weighted by Crippen LogP contribution is 2.19. The molecule has 142 valence electrons. The van der Waals surface area contributed by atoms with Gasteiger partial charge in [-0.3, -0.25) is 9.59 Å². The lowest BCUT2D eigenvalue weighted by Gasteiger charge is -2.18. The fourth-order valence-corrected chi connectivity index (χ4v) is 3.70. The number of nitrogens with one attached hydrogen (secondary N) is 3. The van der Waals surface area contributed by atoms with Crippen LogP contribution in [0.5, 0.6) is 0 Å². The van der Waals surface area contributed by atoms with E-state index < -0.39 is 6.04 Å². The van der Waals surface area contributed by atoms with Crippen molar-refractivity contribution in [2.75, 3.05) is 0 Å². The molecule has 0 spiro atoms. The number of fused-ring (bicyclic) bond motifs is 1. The molecule has 1 unspecified atom stereocenters. The standard InChI is InChI=1S/C21H19N3O3S/c25-20(23-13-15-5-3-9-27-15)18(24-21(26)19-8-4-10-28-19)11-14-12-22-17-7-2-1-6-16(14)17/h1-10,12,18,22H,11,13H2,(H,23,25)(H,24,26). The zero-order valence-electron chi connectivity index (χ0n) is 15.0. The summed E-state index contributed by atoms with van der Waals surface area (Å²) in [6.07, 6.45) is 3.82. The van der Waals surface area contributed by atoms with Gasteiger partial charge in [-0.1, -0.05) is 24.3 Å². The highest BCUT2D eigenvalue weighted by Gasteiger charge is 2.23. The number of thiophene rings is 1. The van der Waals surface area contributed by atoms with Crippen LogP contribution in [0.15, 0.2) is 70.8 Å². The Labute approximate surface area is 165 Å². The second-order valence-corrected chi connectivity index (χ2v) is 7.31. The third kappa shape index (κ3) is 3.99. The minimum Gasteiger partial charge on any atom is -0.467 e. The molecular formula is C21H19N3O3S. The van der Waals surface area contributed by atoms with Crippen LogP contribution in [0.1, 0.15) is 21.0 Å². The topological polar surface area (TPSA) is 87.1 Å². The number of H-pyrrole nitrogens is 1. The lowest BCUT2D eigenvalue weighted by atomic mass is 10.0. The van der Waals surface area contributed by atoms with Crippen LogP contribution in [0.2, 0.25) is 0 Å². The van der Waals surface area contributed by atoms with Crippen molar-refractivity contribution in [3.63, 3.8) is 0 Å². The Morgan fingerprint density at radius 2 is 2.00 bits per heavy atom. The number of aromatic nitrogens is 1. The molecule has 0 saturated heterocycles. The molecule has 6 nitrogen and oxygen atoms in total. The number of carbonyl (C=O) groups is 2. The Balaban J connectivity index is 1.53. The van der Waals surface area contributed by atoms with Crippen molar-refractivity contribution in [1.82, 2.24) is 15.6 Å². The summed E-state index contributed by atoms with van der Waals surface area (Å²) >= 11 is 1.34. The van der Waals surface area contributed by atoms with Gasteiger partial charge in [-0.2, -0.15) is 0 Å². The van der Waals surface area contributed by atoms with E-state index in [1.54, 1.807) is 24.5 Å². The van der Waals surface area contributed by atoms with Crippen molar-refractivity contribution in [1.29, 1.82) is 0 Å². The molecule has 2 amide bonds. The molecule has 0 saturated carbocycles. The fraction of sp³-hybridized carbons (Fsp3) is 0.143. The Kier molecular flexibility index (Phi) is 5.25. The van der Waals surface area contributed by atoms with E-state index in [9.17, 15) is 9.59 Å². The van der Waals surface area contributed by atoms with Crippen molar-refractivity contribution in [2.45, 2.75) is 19.0 Å². The number of hydrogen-bond acceptors (Lipinski definition) is 4. The number of hydrogen-bond donors (Lipinski definition) is 3. The molecule has 4 rings (SSSR count). The predicted molar refractivity (Wildman–Crippen MR) is 108 cm³/mol. The highest BCUT2D eigenvalue weighted by atomic mass is 32.1. The first kappa shape index (κ1) is 18.1. The summed E-state index contributed by atoms with van der Waals surface area (Å²) in [5.41, 5.74) is 1.97. The average molecular weight is 393 g/mol. The first-order chi connectivity index (χ1) is 13.7. The summed E-state index contributed by atoms with van der Waals surface area (Å²) in [6.45, 7) is 0.269. The van der Waals surface area contributed by atoms with E-state index in [-0.39, 0.29) is 18.4 Å². The smallest absolute Gasteiger partial charge is 0.262 e. The minimum atomic E-state index is -0.705. The summed E-state index contributed by atoms with van der Waals surface area (Å²) in [5.74, 6) is 0.142. The summed E-state index contributed by atoms with van der Waals surface area (Å²) in [5, 5.41) is 8.58. The van der Waals surface area contributed by atoms with Crippen LogP contribution in [-0.4, -0.2) is 22.8 Å². The zero-order valence-corrected chi connectivity index (χ0v) is 15.8. The van der Waals surface area contributed by atoms with E-state index in [0.29, 0.717) is 17.1 Å². The maximum Gasteiger partial charge on any atom is 0.262 e. The third-order valence-corrected chi connectivity index (χ3v) is 5.35. The Hall–Kier alpha value is -3.32. The minimum absolute atomic E-state index is 0.256. The molecule has 0 aliphatic rings. The van der Waals surface area contributed by atoms with Gasteiger partial charge in [0.2, 0.25) is 5.91 Å². The van der Waals surface area contributed by atoms with Crippen LogP contribution < -0.4 is 10.6 Å².